The van der Waals surface area contributed by atoms with Gasteiger partial charge in [0.15, 0.2) is 0 Å². The highest BCUT2D eigenvalue weighted by atomic mass is 32.1. The molecule has 0 aliphatic carbocycles. The Balaban J connectivity index is 1.87. The quantitative estimate of drug-likeness (QED) is 0.843. The van der Waals surface area contributed by atoms with E-state index in [0.717, 1.165) is 4.88 Å². The molecule has 1 N–H and O–H groups in total. The van der Waals surface area contributed by atoms with Gasteiger partial charge in [0.2, 0.25) is 17.7 Å². The molecule has 0 bridgehead atoms. The van der Waals surface area contributed by atoms with Crippen LogP contribution in [0.1, 0.15) is 24.1 Å². The van der Waals surface area contributed by atoms with Crippen LogP contribution in [-0.2, 0) is 20.9 Å². The fraction of sp³-hybridized carbons (Fsp3) is 0.533. The van der Waals surface area contributed by atoms with Crippen LogP contribution in [0.3, 0.4) is 0 Å². The first-order chi connectivity index (χ1) is 10.5. The SMILES string of the molecule is CN(C)C(=O)CCNC(=O)C1CCC(=O)N1Cc1cccs1. The van der Waals surface area contributed by atoms with Crippen LogP contribution in [0.2, 0.25) is 0 Å². The molecule has 1 saturated heterocycles. The van der Waals surface area contributed by atoms with Crippen LogP contribution in [0.25, 0.3) is 0 Å². The lowest BCUT2D eigenvalue weighted by atomic mass is 10.2. The molecule has 120 valence electrons. The van der Waals surface area contributed by atoms with Crippen molar-refractivity contribution in [2.75, 3.05) is 20.6 Å². The van der Waals surface area contributed by atoms with E-state index in [0.29, 0.717) is 25.9 Å². The number of thiophene rings is 1. The van der Waals surface area contributed by atoms with Gasteiger partial charge in [-0.05, 0) is 17.9 Å². The van der Waals surface area contributed by atoms with Crippen LogP contribution in [0.5, 0.6) is 0 Å². The van der Waals surface area contributed by atoms with Crippen LogP contribution >= 0.6 is 11.3 Å². The van der Waals surface area contributed by atoms with E-state index in [-0.39, 0.29) is 24.1 Å². The largest absolute Gasteiger partial charge is 0.354 e. The number of carbonyl (C=O) groups excluding carboxylic acids is 3. The van der Waals surface area contributed by atoms with Gasteiger partial charge in [0.25, 0.3) is 0 Å². The Hall–Kier alpha value is -1.89. The predicted octanol–water partition coefficient (Wildman–Crippen LogP) is 0.834. The molecular weight excluding hydrogens is 302 g/mol. The summed E-state index contributed by atoms with van der Waals surface area (Å²) in [5.41, 5.74) is 0. The summed E-state index contributed by atoms with van der Waals surface area (Å²) in [4.78, 5) is 39.9. The van der Waals surface area contributed by atoms with Crippen molar-refractivity contribution < 1.29 is 14.4 Å². The Morgan fingerprint density at radius 2 is 2.23 bits per heavy atom. The topological polar surface area (TPSA) is 69.7 Å². The zero-order chi connectivity index (χ0) is 16.1. The monoisotopic (exact) mass is 323 g/mol. The van der Waals surface area contributed by atoms with Crippen molar-refractivity contribution >= 4 is 29.1 Å². The Morgan fingerprint density at radius 1 is 1.45 bits per heavy atom. The van der Waals surface area contributed by atoms with Crippen molar-refractivity contribution in [3.63, 3.8) is 0 Å². The van der Waals surface area contributed by atoms with Crippen molar-refractivity contribution in [1.29, 1.82) is 0 Å². The molecule has 1 unspecified atom stereocenters. The van der Waals surface area contributed by atoms with Crippen LogP contribution in [-0.4, -0.2) is 54.2 Å². The molecule has 1 aromatic heterocycles. The summed E-state index contributed by atoms with van der Waals surface area (Å²) in [6.07, 6.45) is 1.21. The molecule has 1 aromatic rings. The molecule has 0 spiro atoms. The second-order valence-electron chi connectivity index (χ2n) is 5.48. The third kappa shape index (κ3) is 4.07. The van der Waals surface area contributed by atoms with Crippen molar-refractivity contribution in [2.24, 2.45) is 0 Å². The highest BCUT2D eigenvalue weighted by Crippen LogP contribution is 2.23. The standard InChI is InChI=1S/C15H21N3O3S/c1-17(2)13(19)7-8-16-15(21)12-5-6-14(20)18(12)10-11-4-3-9-22-11/h3-4,9,12H,5-8,10H2,1-2H3,(H,16,21). The second kappa shape index (κ2) is 7.40. The van der Waals surface area contributed by atoms with Crippen LogP contribution in [0, 0.1) is 0 Å². The van der Waals surface area contributed by atoms with Gasteiger partial charge in [-0.2, -0.15) is 0 Å². The third-order valence-corrected chi connectivity index (χ3v) is 4.54. The summed E-state index contributed by atoms with van der Waals surface area (Å²) in [5.74, 6) is -0.190. The smallest absolute Gasteiger partial charge is 0.242 e. The van der Waals surface area contributed by atoms with Gasteiger partial charge in [-0.3, -0.25) is 14.4 Å². The van der Waals surface area contributed by atoms with Crippen LogP contribution in [0.15, 0.2) is 17.5 Å². The van der Waals surface area contributed by atoms with Crippen molar-refractivity contribution in [1.82, 2.24) is 15.1 Å². The van der Waals surface area contributed by atoms with E-state index in [2.05, 4.69) is 5.32 Å². The first kappa shape index (κ1) is 16.5. The predicted molar refractivity (Wildman–Crippen MR) is 84.2 cm³/mol. The lowest BCUT2D eigenvalue weighted by molar-refractivity contribution is -0.136. The summed E-state index contributed by atoms with van der Waals surface area (Å²) in [6, 6.07) is 3.47. The van der Waals surface area contributed by atoms with Gasteiger partial charge in [0.05, 0.1) is 6.54 Å². The van der Waals surface area contributed by atoms with E-state index in [9.17, 15) is 14.4 Å². The number of nitrogens with zero attached hydrogens (tertiary/aromatic N) is 2. The van der Waals surface area contributed by atoms with E-state index < -0.39 is 6.04 Å². The molecule has 0 aromatic carbocycles. The maximum Gasteiger partial charge on any atom is 0.242 e. The zero-order valence-corrected chi connectivity index (χ0v) is 13.7. The number of likely N-dealkylation sites (tertiary alicyclic amines) is 1. The number of nitrogens with one attached hydrogen (secondary N) is 1. The number of hydrogen-bond donors (Lipinski definition) is 1. The molecule has 2 heterocycles. The molecule has 6 nitrogen and oxygen atoms in total. The average molecular weight is 323 g/mol. The number of amides is 3. The van der Waals surface area contributed by atoms with Gasteiger partial charge in [0.1, 0.15) is 6.04 Å². The lowest BCUT2D eigenvalue weighted by Gasteiger charge is -2.23. The van der Waals surface area contributed by atoms with E-state index in [4.69, 9.17) is 0 Å². The van der Waals surface area contributed by atoms with E-state index >= 15 is 0 Å². The van der Waals surface area contributed by atoms with E-state index in [1.54, 1.807) is 30.3 Å². The second-order valence-corrected chi connectivity index (χ2v) is 6.52. The molecular formula is C15H21N3O3S. The fourth-order valence-electron chi connectivity index (χ4n) is 2.41. The Labute approximate surface area is 134 Å². The minimum Gasteiger partial charge on any atom is -0.354 e. The van der Waals surface area contributed by atoms with Gasteiger partial charge in [-0.25, -0.2) is 0 Å². The zero-order valence-electron chi connectivity index (χ0n) is 12.9. The molecule has 7 heteroatoms. The Kier molecular flexibility index (Phi) is 5.54. The van der Waals surface area contributed by atoms with Gasteiger partial charge >= 0.3 is 0 Å². The van der Waals surface area contributed by atoms with Crippen molar-refractivity contribution in [3.05, 3.63) is 22.4 Å². The highest BCUT2D eigenvalue weighted by Gasteiger charge is 2.35. The van der Waals surface area contributed by atoms with Gasteiger partial charge < -0.3 is 15.1 Å². The molecule has 1 aliphatic rings. The summed E-state index contributed by atoms with van der Waals surface area (Å²) in [5, 5.41) is 4.72. The Bertz CT molecular complexity index is 542. The average Bonchev–Trinajstić information content (AvgIpc) is 3.10. The van der Waals surface area contributed by atoms with Crippen molar-refractivity contribution in [3.8, 4) is 0 Å². The molecule has 1 aliphatic heterocycles. The van der Waals surface area contributed by atoms with E-state index in [1.165, 1.54) is 4.90 Å². The first-order valence-corrected chi connectivity index (χ1v) is 8.16. The van der Waals surface area contributed by atoms with Gasteiger partial charge in [-0.1, -0.05) is 6.07 Å². The molecule has 0 saturated carbocycles. The minimum absolute atomic E-state index is 0.0120. The Morgan fingerprint density at radius 3 is 2.86 bits per heavy atom. The summed E-state index contributed by atoms with van der Waals surface area (Å²) in [7, 11) is 3.37. The van der Waals surface area contributed by atoms with Crippen molar-refractivity contribution in [2.45, 2.75) is 31.8 Å². The number of rotatable bonds is 6. The summed E-state index contributed by atoms with van der Waals surface area (Å²) >= 11 is 1.57. The molecule has 3 amide bonds. The fourth-order valence-corrected chi connectivity index (χ4v) is 3.11. The molecule has 1 fully saturated rings. The van der Waals surface area contributed by atoms with E-state index in [1.807, 2.05) is 17.5 Å². The maximum absolute atomic E-state index is 12.3. The van der Waals surface area contributed by atoms with Crippen LogP contribution in [0.4, 0.5) is 0 Å². The van der Waals surface area contributed by atoms with Crippen LogP contribution < -0.4 is 5.32 Å². The maximum atomic E-state index is 12.3. The molecule has 2 rings (SSSR count). The van der Waals surface area contributed by atoms with Gasteiger partial charge in [-0.15, -0.1) is 11.3 Å². The summed E-state index contributed by atoms with van der Waals surface area (Å²) in [6.45, 7) is 0.776. The molecule has 0 radical (unpaired) electrons. The number of carbonyl (C=O) groups is 3. The highest BCUT2D eigenvalue weighted by molar-refractivity contribution is 7.09. The normalized spacial score (nSPS) is 17.6. The lowest BCUT2D eigenvalue weighted by Crippen LogP contribution is -2.45. The molecule has 1 atom stereocenters. The summed E-state index contributed by atoms with van der Waals surface area (Å²) < 4.78 is 0. The van der Waals surface area contributed by atoms with Gasteiger partial charge in [0, 0.05) is 38.4 Å². The first-order valence-electron chi connectivity index (χ1n) is 7.28. The third-order valence-electron chi connectivity index (χ3n) is 3.67. The minimum atomic E-state index is -0.427. The number of hydrogen-bond acceptors (Lipinski definition) is 4. The molecule has 22 heavy (non-hydrogen) atoms.